The Hall–Kier alpha value is -1.60. The Kier molecular flexibility index (Phi) is 4.84. The van der Waals surface area contributed by atoms with Gasteiger partial charge < -0.3 is 15.3 Å². The fourth-order valence-electron chi connectivity index (χ4n) is 2.14. The van der Waals surface area contributed by atoms with E-state index in [-0.39, 0.29) is 23.7 Å². The average Bonchev–Trinajstić information content (AvgIpc) is 2.42. The van der Waals surface area contributed by atoms with Gasteiger partial charge in [0.05, 0.1) is 17.0 Å². The predicted molar refractivity (Wildman–Crippen MR) is 79.2 cm³/mol. The van der Waals surface area contributed by atoms with Gasteiger partial charge in [-0.25, -0.2) is 0 Å². The number of carbonyl (C=O) groups excluding carboxylic acids is 2. The molecule has 0 saturated carbocycles. The van der Waals surface area contributed by atoms with Crippen LogP contribution in [-0.4, -0.2) is 46.9 Å². The van der Waals surface area contributed by atoms with Crippen LogP contribution in [-0.2, 0) is 9.59 Å². The monoisotopic (exact) mass is 374 g/mol. The number of carbonyl (C=O) groups is 3. The van der Waals surface area contributed by atoms with Gasteiger partial charge in [0, 0.05) is 17.6 Å². The van der Waals surface area contributed by atoms with Crippen LogP contribution in [0.15, 0.2) is 22.7 Å². The van der Waals surface area contributed by atoms with Crippen LogP contribution in [0.1, 0.15) is 16.8 Å². The Morgan fingerprint density at radius 2 is 2.19 bits per heavy atom. The van der Waals surface area contributed by atoms with Crippen LogP contribution in [0.25, 0.3) is 0 Å². The van der Waals surface area contributed by atoms with Crippen molar-refractivity contribution in [3.8, 4) is 0 Å². The van der Waals surface area contributed by atoms with Crippen molar-refractivity contribution in [2.45, 2.75) is 12.5 Å². The van der Waals surface area contributed by atoms with E-state index in [4.69, 9.17) is 16.7 Å². The summed E-state index contributed by atoms with van der Waals surface area (Å²) in [5.74, 6) is -2.07. The SMILES string of the molecule is O=C(O)CC1C(=O)NCCN1C(=O)c1cc(Br)ccc1Cl. The summed E-state index contributed by atoms with van der Waals surface area (Å²) < 4.78 is 0.673. The second-order valence-corrected chi connectivity index (χ2v) is 5.85. The Morgan fingerprint density at radius 3 is 2.86 bits per heavy atom. The zero-order chi connectivity index (χ0) is 15.6. The van der Waals surface area contributed by atoms with Crippen LogP contribution < -0.4 is 5.32 Å². The summed E-state index contributed by atoms with van der Waals surface area (Å²) in [6.07, 6.45) is -0.441. The Balaban J connectivity index is 2.32. The zero-order valence-corrected chi connectivity index (χ0v) is 13.1. The summed E-state index contributed by atoms with van der Waals surface area (Å²) in [6.45, 7) is 0.525. The molecule has 6 nitrogen and oxygen atoms in total. The second kappa shape index (κ2) is 6.44. The summed E-state index contributed by atoms with van der Waals surface area (Å²) >= 11 is 9.27. The highest BCUT2D eigenvalue weighted by Crippen LogP contribution is 2.24. The molecule has 1 atom stereocenters. The maximum Gasteiger partial charge on any atom is 0.305 e. The van der Waals surface area contributed by atoms with Crippen LogP contribution in [0.2, 0.25) is 5.02 Å². The number of amides is 2. The number of hydrogen-bond acceptors (Lipinski definition) is 3. The molecule has 1 aliphatic rings. The molecule has 1 aliphatic heterocycles. The Morgan fingerprint density at radius 1 is 1.48 bits per heavy atom. The molecule has 1 aromatic rings. The Labute approximate surface area is 134 Å². The average molecular weight is 376 g/mol. The third-order valence-corrected chi connectivity index (χ3v) is 3.94. The number of nitrogens with zero attached hydrogens (tertiary/aromatic N) is 1. The number of aliphatic carboxylic acids is 1. The summed E-state index contributed by atoms with van der Waals surface area (Å²) in [6, 6.07) is 3.78. The van der Waals surface area contributed by atoms with Gasteiger partial charge in [0.15, 0.2) is 0 Å². The van der Waals surface area contributed by atoms with Gasteiger partial charge in [-0.3, -0.25) is 14.4 Å². The predicted octanol–water partition coefficient (Wildman–Crippen LogP) is 1.52. The molecule has 0 spiro atoms. The molecule has 1 saturated heterocycles. The number of halogens is 2. The van der Waals surface area contributed by atoms with Crippen LogP contribution in [0, 0.1) is 0 Å². The third-order valence-electron chi connectivity index (χ3n) is 3.12. The van der Waals surface area contributed by atoms with Gasteiger partial charge >= 0.3 is 5.97 Å². The van der Waals surface area contributed by atoms with E-state index >= 15 is 0 Å². The normalized spacial score (nSPS) is 18.3. The molecule has 2 rings (SSSR count). The van der Waals surface area contributed by atoms with Gasteiger partial charge in [0.2, 0.25) is 5.91 Å². The molecule has 1 fully saturated rings. The summed E-state index contributed by atoms with van der Waals surface area (Å²) in [4.78, 5) is 36.5. The largest absolute Gasteiger partial charge is 0.481 e. The van der Waals surface area contributed by atoms with Crippen molar-refractivity contribution >= 4 is 45.3 Å². The van der Waals surface area contributed by atoms with Crippen LogP contribution >= 0.6 is 27.5 Å². The number of piperazine rings is 1. The van der Waals surface area contributed by atoms with E-state index in [1.807, 2.05) is 0 Å². The van der Waals surface area contributed by atoms with E-state index < -0.39 is 30.2 Å². The number of hydrogen-bond donors (Lipinski definition) is 2. The molecular weight excluding hydrogens is 364 g/mol. The maximum atomic E-state index is 12.6. The van der Waals surface area contributed by atoms with E-state index in [0.29, 0.717) is 4.47 Å². The molecule has 0 aromatic heterocycles. The van der Waals surface area contributed by atoms with Crippen molar-refractivity contribution in [3.05, 3.63) is 33.3 Å². The maximum absolute atomic E-state index is 12.6. The molecule has 8 heteroatoms. The van der Waals surface area contributed by atoms with Crippen molar-refractivity contribution in [1.29, 1.82) is 0 Å². The van der Waals surface area contributed by atoms with Crippen LogP contribution in [0.5, 0.6) is 0 Å². The highest BCUT2D eigenvalue weighted by atomic mass is 79.9. The van der Waals surface area contributed by atoms with E-state index in [2.05, 4.69) is 21.2 Å². The summed E-state index contributed by atoms with van der Waals surface area (Å²) in [5.41, 5.74) is 0.233. The minimum atomic E-state index is -1.14. The summed E-state index contributed by atoms with van der Waals surface area (Å²) in [7, 11) is 0. The van der Waals surface area contributed by atoms with Gasteiger partial charge in [-0.1, -0.05) is 27.5 Å². The fraction of sp³-hybridized carbons (Fsp3) is 0.308. The molecule has 21 heavy (non-hydrogen) atoms. The van der Waals surface area contributed by atoms with Gasteiger partial charge in [0.1, 0.15) is 6.04 Å². The Bertz CT molecular complexity index is 608. The van der Waals surface area contributed by atoms with E-state index in [0.717, 1.165) is 0 Å². The lowest BCUT2D eigenvalue weighted by atomic mass is 10.1. The summed E-state index contributed by atoms with van der Waals surface area (Å²) in [5, 5.41) is 11.7. The first-order chi connectivity index (χ1) is 9.90. The molecule has 0 bridgehead atoms. The highest BCUT2D eigenvalue weighted by Gasteiger charge is 2.35. The number of rotatable bonds is 3. The smallest absolute Gasteiger partial charge is 0.305 e. The van der Waals surface area contributed by atoms with Gasteiger partial charge in [0.25, 0.3) is 5.91 Å². The second-order valence-electron chi connectivity index (χ2n) is 4.53. The number of carboxylic acids is 1. The van der Waals surface area contributed by atoms with Gasteiger partial charge in [-0.2, -0.15) is 0 Å². The minimum absolute atomic E-state index is 0.233. The van der Waals surface area contributed by atoms with Crippen LogP contribution in [0.3, 0.4) is 0 Å². The first kappa shape index (κ1) is 15.8. The first-order valence-corrected chi connectivity index (χ1v) is 7.33. The quantitative estimate of drug-likeness (QED) is 0.838. The molecule has 2 N–H and O–H groups in total. The van der Waals surface area contributed by atoms with Crippen molar-refractivity contribution in [1.82, 2.24) is 10.2 Å². The van der Waals surface area contributed by atoms with E-state index in [1.54, 1.807) is 18.2 Å². The van der Waals surface area contributed by atoms with Gasteiger partial charge in [-0.05, 0) is 18.2 Å². The molecule has 1 heterocycles. The highest BCUT2D eigenvalue weighted by molar-refractivity contribution is 9.10. The molecule has 0 radical (unpaired) electrons. The number of carboxylic acid groups (broad SMARTS) is 1. The molecule has 0 aliphatic carbocycles. The number of nitrogens with one attached hydrogen (secondary N) is 1. The molecule has 1 aromatic carbocycles. The van der Waals surface area contributed by atoms with Gasteiger partial charge in [-0.15, -0.1) is 0 Å². The lowest BCUT2D eigenvalue weighted by molar-refractivity contribution is -0.142. The lowest BCUT2D eigenvalue weighted by Gasteiger charge is -2.34. The van der Waals surface area contributed by atoms with Crippen molar-refractivity contribution in [3.63, 3.8) is 0 Å². The minimum Gasteiger partial charge on any atom is -0.481 e. The van der Waals surface area contributed by atoms with Crippen molar-refractivity contribution < 1.29 is 19.5 Å². The van der Waals surface area contributed by atoms with E-state index in [9.17, 15) is 14.4 Å². The molecule has 2 amide bonds. The van der Waals surface area contributed by atoms with E-state index in [1.165, 1.54) is 4.90 Å². The zero-order valence-electron chi connectivity index (χ0n) is 10.8. The topological polar surface area (TPSA) is 86.7 Å². The standard InChI is InChI=1S/C13H12BrClN2O4/c14-7-1-2-9(15)8(5-7)13(21)17-4-3-16-12(20)10(17)6-11(18)19/h1-2,5,10H,3-4,6H2,(H,16,20)(H,18,19). The lowest BCUT2D eigenvalue weighted by Crippen LogP contribution is -2.57. The van der Waals surface area contributed by atoms with Crippen LogP contribution in [0.4, 0.5) is 0 Å². The van der Waals surface area contributed by atoms with Crippen molar-refractivity contribution in [2.75, 3.05) is 13.1 Å². The third kappa shape index (κ3) is 3.54. The number of benzene rings is 1. The van der Waals surface area contributed by atoms with Crippen molar-refractivity contribution in [2.24, 2.45) is 0 Å². The molecule has 1 unspecified atom stereocenters. The first-order valence-electron chi connectivity index (χ1n) is 6.15. The fourth-order valence-corrected chi connectivity index (χ4v) is 2.70. The molecular formula is C13H12BrClN2O4. The molecule has 112 valence electrons.